The quantitative estimate of drug-likeness (QED) is 0.00974. The van der Waals surface area contributed by atoms with Crippen LogP contribution < -0.4 is 42.5 Å². The third kappa shape index (κ3) is 18.5. The number of aromatic nitrogens is 6. The van der Waals surface area contributed by atoms with Crippen molar-refractivity contribution in [2.75, 3.05) is 70.5 Å². The summed E-state index contributed by atoms with van der Waals surface area (Å²) in [7, 11) is -15.0. The molecule has 0 unspecified atom stereocenters. The number of carbonyl (C=O) groups excluding carboxylic acids is 2. The first-order valence-electron chi connectivity index (χ1n) is 22.7. The van der Waals surface area contributed by atoms with Gasteiger partial charge in [0.1, 0.15) is 9.79 Å². The number of aliphatic hydroxyl groups is 2. The highest BCUT2D eigenvalue weighted by Crippen LogP contribution is 2.35. The largest absolute Gasteiger partial charge is 0.395 e. The molecule has 0 saturated carbocycles. The number of nitrogens with one attached hydrogen (secondary N) is 4. The minimum Gasteiger partial charge on any atom is -0.395 e. The Morgan fingerprint density at radius 3 is 1.53 bits per heavy atom. The van der Waals surface area contributed by atoms with Crippen LogP contribution in [0.25, 0.3) is 12.2 Å². The fourth-order valence-corrected chi connectivity index (χ4v) is 9.76. The van der Waals surface area contributed by atoms with E-state index < -0.39 is 81.7 Å². The molecule has 2 aromatic heterocycles. The van der Waals surface area contributed by atoms with Crippen molar-refractivity contribution in [3.05, 3.63) is 89.5 Å². The Balaban J connectivity index is 1.36. The Kier molecular flexibility index (Phi) is 21.9. The topological polar surface area (TPSA) is 499 Å². The van der Waals surface area contributed by atoms with Crippen molar-refractivity contribution >= 4 is 137 Å². The Morgan fingerprint density at radius 2 is 1.04 bits per heavy atom. The minimum absolute atomic E-state index is 0.0203. The summed E-state index contributed by atoms with van der Waals surface area (Å²) in [5, 5.41) is 56.4. The second kappa shape index (κ2) is 28.3. The maximum absolute atomic E-state index is 13.0. The standard InChI is InChI=1S/C43H48N14O19S5/c1-24-2-10-32(77-75-73-62)30(20-24)48-40-50-39(53-42(54-40)56(16-18-58)14-12-36(44)60)47-28-8-6-26(35(22-28)81(70,71)72)4-3-25-5-7-27(21-33(25)78-76-74-63)46-38-51-41(55-43(52-38)57(17-19-59)15-13-37(45)61)49-31-23-29(79(64,65)66)9-11-34(31)80(67,68)69/h2-11,20-23,58-59,62-63H,12-19H2,1H3,(H2,44,60)(H2,45,61)(H,64,65,66)(H,67,68,69)(H,70,71,72)(H2,46,49,51,52,55)(H2,47,48,50,53,54)/b4-3+. The number of hydrogen-bond donors (Lipinski definition) is 13. The van der Waals surface area contributed by atoms with Crippen molar-refractivity contribution in [3.63, 3.8) is 0 Å². The monoisotopic (exact) mass is 1220 g/mol. The predicted octanol–water partition coefficient (Wildman–Crippen LogP) is 3.45. The minimum atomic E-state index is -5.06. The van der Waals surface area contributed by atoms with Gasteiger partial charge < -0.3 is 52.7 Å². The average molecular weight is 1230 g/mol. The molecule has 0 atom stereocenters. The molecule has 38 heteroatoms. The molecule has 0 saturated heterocycles. The van der Waals surface area contributed by atoms with Gasteiger partial charge in [-0.15, -0.1) is 8.67 Å². The lowest BCUT2D eigenvalue weighted by atomic mass is 10.1. The van der Waals surface area contributed by atoms with E-state index in [1.54, 1.807) is 25.1 Å². The van der Waals surface area contributed by atoms with Crippen molar-refractivity contribution in [2.45, 2.75) is 44.2 Å². The van der Waals surface area contributed by atoms with Crippen LogP contribution in [0.4, 0.5) is 58.4 Å². The molecule has 6 rings (SSSR count). The zero-order chi connectivity index (χ0) is 59.1. The van der Waals surface area contributed by atoms with Crippen molar-refractivity contribution in [3.8, 4) is 0 Å². The number of aryl methyl sites for hydroxylation is 1. The van der Waals surface area contributed by atoms with Gasteiger partial charge in [-0.05, 0) is 78.2 Å². The molecule has 0 aliphatic carbocycles. The highest BCUT2D eigenvalue weighted by atomic mass is 32.2. The number of nitrogens with zero attached hydrogens (tertiary/aromatic N) is 8. The zero-order valence-electron chi connectivity index (χ0n) is 41.5. The summed E-state index contributed by atoms with van der Waals surface area (Å²) in [6.45, 7) is 0.452. The van der Waals surface area contributed by atoms with Gasteiger partial charge >= 0.3 is 0 Å². The second-order valence-corrected chi connectivity index (χ2v) is 22.0. The Hall–Kier alpha value is -7.51. The molecule has 6 aromatic rings. The zero-order valence-corrected chi connectivity index (χ0v) is 45.6. The predicted molar refractivity (Wildman–Crippen MR) is 289 cm³/mol. The van der Waals surface area contributed by atoms with E-state index in [-0.39, 0.29) is 96.2 Å². The van der Waals surface area contributed by atoms with Crippen LogP contribution in [-0.2, 0) is 58.7 Å². The first-order valence-corrected chi connectivity index (χ1v) is 28.5. The molecule has 2 amide bonds. The fourth-order valence-electron chi connectivity index (χ4n) is 6.98. The van der Waals surface area contributed by atoms with E-state index in [0.29, 0.717) is 52.9 Å². The highest BCUT2D eigenvalue weighted by Gasteiger charge is 2.24. The van der Waals surface area contributed by atoms with Gasteiger partial charge in [-0.3, -0.25) is 23.2 Å². The van der Waals surface area contributed by atoms with Crippen LogP contribution in [0, 0.1) is 6.92 Å². The summed E-state index contributed by atoms with van der Waals surface area (Å²) in [6.07, 6.45) is 2.27. The summed E-state index contributed by atoms with van der Waals surface area (Å²) >= 11 is 1.09. The molecule has 0 bridgehead atoms. The van der Waals surface area contributed by atoms with Gasteiger partial charge in [0, 0.05) is 55.3 Å². The number of aliphatic hydroxyl groups excluding tert-OH is 2. The van der Waals surface area contributed by atoms with E-state index in [1.807, 2.05) is 0 Å². The van der Waals surface area contributed by atoms with Crippen LogP contribution in [0.15, 0.2) is 97.3 Å². The van der Waals surface area contributed by atoms with Gasteiger partial charge in [-0.2, -0.15) is 55.2 Å². The summed E-state index contributed by atoms with van der Waals surface area (Å²) in [5.74, 6) is -2.88. The van der Waals surface area contributed by atoms with E-state index in [2.05, 4.69) is 65.6 Å². The average Bonchev–Trinajstić information content (AvgIpc) is 3.48. The van der Waals surface area contributed by atoms with Gasteiger partial charge in [0.05, 0.1) is 58.5 Å². The number of amides is 2. The van der Waals surface area contributed by atoms with Crippen molar-refractivity contribution in [1.29, 1.82) is 0 Å². The molecule has 0 aliphatic rings. The second-order valence-electron chi connectivity index (χ2n) is 16.3. The first kappa shape index (κ1) is 62.7. The molecule has 4 aromatic carbocycles. The van der Waals surface area contributed by atoms with Gasteiger partial charge in [0.2, 0.25) is 47.5 Å². The van der Waals surface area contributed by atoms with Gasteiger partial charge in [0.15, 0.2) is 0 Å². The lowest BCUT2D eigenvalue weighted by molar-refractivity contribution is -0.432. The van der Waals surface area contributed by atoms with E-state index in [0.717, 1.165) is 11.6 Å². The maximum atomic E-state index is 13.0. The number of hydrogen-bond acceptors (Lipinski definition) is 30. The van der Waals surface area contributed by atoms with E-state index >= 15 is 0 Å². The lowest BCUT2D eigenvalue weighted by Gasteiger charge is -2.22. The van der Waals surface area contributed by atoms with Crippen LogP contribution >= 0.6 is 24.1 Å². The Labute approximate surface area is 468 Å². The molecular weight excluding hydrogens is 1180 g/mol. The summed E-state index contributed by atoms with van der Waals surface area (Å²) < 4.78 is 114. The van der Waals surface area contributed by atoms with Crippen LogP contribution in [-0.4, -0.2) is 141 Å². The number of anilines is 10. The van der Waals surface area contributed by atoms with Crippen molar-refractivity contribution in [2.24, 2.45) is 11.5 Å². The van der Waals surface area contributed by atoms with E-state index in [4.69, 9.17) is 26.3 Å². The highest BCUT2D eigenvalue weighted by molar-refractivity contribution is 7.95. The Morgan fingerprint density at radius 1 is 0.556 bits per heavy atom. The summed E-state index contributed by atoms with van der Waals surface area (Å²) in [4.78, 5) is 50.6. The SMILES string of the molecule is Cc1ccc(SOOO)c(Nc2nc(Nc3ccc(/C=C/c4ccc(Nc5nc(Nc6cc(S(=O)(=O)O)ccc6S(=O)(=O)O)nc(N(CCO)CCC(N)=O)n5)cc4SOOO)c(S(=O)(=O)O)c3)nc(N(CCO)CCC(N)=O)n2)c1. The molecule has 0 fully saturated rings. The molecule has 0 radical (unpaired) electrons. The van der Waals surface area contributed by atoms with Gasteiger partial charge in [0.25, 0.3) is 30.4 Å². The van der Waals surface area contributed by atoms with E-state index in [9.17, 15) is 58.7 Å². The molecule has 33 nitrogen and oxygen atoms in total. The summed E-state index contributed by atoms with van der Waals surface area (Å²) in [6, 6.07) is 15.2. The molecule has 2 heterocycles. The first-order chi connectivity index (χ1) is 38.4. The van der Waals surface area contributed by atoms with Gasteiger partial charge in [-0.25, -0.2) is 10.5 Å². The number of carbonyl (C=O) groups is 2. The van der Waals surface area contributed by atoms with Crippen LogP contribution in [0.5, 0.6) is 0 Å². The number of primary amides is 2. The molecular formula is C43H48N14O19S5. The molecule has 0 aliphatic heterocycles. The van der Waals surface area contributed by atoms with Crippen LogP contribution in [0.3, 0.4) is 0 Å². The fraction of sp³-hybridized carbons (Fsp3) is 0.209. The lowest BCUT2D eigenvalue weighted by Crippen LogP contribution is -2.32. The third-order valence-electron chi connectivity index (χ3n) is 10.5. The maximum Gasteiger partial charge on any atom is 0.296 e. The Bertz CT molecular complexity index is 3630. The van der Waals surface area contributed by atoms with Crippen LogP contribution in [0.2, 0.25) is 0 Å². The molecule has 434 valence electrons. The van der Waals surface area contributed by atoms with Crippen LogP contribution in [0.1, 0.15) is 29.5 Å². The molecule has 81 heavy (non-hydrogen) atoms. The normalized spacial score (nSPS) is 11.9. The number of benzene rings is 4. The smallest absolute Gasteiger partial charge is 0.296 e. The van der Waals surface area contributed by atoms with Crippen molar-refractivity contribution < 1.29 is 88.0 Å². The number of rotatable bonds is 31. The number of nitrogens with two attached hydrogens (primary N) is 2. The van der Waals surface area contributed by atoms with E-state index in [1.165, 1.54) is 52.3 Å². The molecule has 0 spiro atoms. The summed E-state index contributed by atoms with van der Waals surface area (Å²) in [5.41, 5.74) is 11.6. The third-order valence-corrected chi connectivity index (χ3v) is 14.5. The van der Waals surface area contributed by atoms with Crippen molar-refractivity contribution in [1.82, 2.24) is 29.9 Å². The van der Waals surface area contributed by atoms with Gasteiger partial charge in [-0.1, -0.05) is 40.4 Å². The molecule has 15 N–H and O–H groups in total.